The van der Waals surface area contributed by atoms with E-state index >= 15 is 0 Å². The highest BCUT2D eigenvalue weighted by atomic mass is 14.5. The molecule has 0 aliphatic heterocycles. The lowest BCUT2D eigenvalue weighted by Gasteiger charge is -1.70. The Kier molecular flexibility index (Phi) is 1.64. The van der Waals surface area contributed by atoms with Gasteiger partial charge in [0.05, 0.1) is 0 Å². The normalized spacial score (nSPS) is 19.0. The molecule has 0 heterocycles. The average molecular weight is 60.1 g/mol. The SMILES string of the molecule is [2H]C(N)CC. The summed E-state index contributed by atoms with van der Waals surface area (Å²) in [7, 11) is 0. The molecule has 0 saturated heterocycles. The molecule has 0 aromatic rings. The van der Waals surface area contributed by atoms with Crippen LogP contribution in [0.1, 0.15) is 14.7 Å². The van der Waals surface area contributed by atoms with Crippen molar-refractivity contribution in [3.8, 4) is 0 Å². The molecule has 26 valence electrons. The van der Waals surface area contributed by atoms with E-state index in [1.807, 2.05) is 6.92 Å². The van der Waals surface area contributed by atoms with Gasteiger partial charge in [-0.3, -0.25) is 0 Å². The maximum absolute atomic E-state index is 6.60. The Morgan fingerprint density at radius 2 is 2.50 bits per heavy atom. The van der Waals surface area contributed by atoms with Crippen molar-refractivity contribution in [2.75, 3.05) is 6.52 Å². The van der Waals surface area contributed by atoms with Crippen LogP contribution in [0.15, 0.2) is 0 Å². The third-order valence-corrected chi connectivity index (χ3v) is 0.236. The number of nitrogens with two attached hydrogens (primary N) is 1. The van der Waals surface area contributed by atoms with E-state index in [4.69, 9.17) is 7.10 Å². The van der Waals surface area contributed by atoms with Crippen LogP contribution < -0.4 is 5.73 Å². The summed E-state index contributed by atoms with van der Waals surface area (Å²) in [6.45, 7) is 1.52. The van der Waals surface area contributed by atoms with Gasteiger partial charge in [-0.2, -0.15) is 0 Å². The second-order valence-corrected chi connectivity index (χ2v) is 0.644. The second-order valence-electron chi connectivity index (χ2n) is 0.644. The monoisotopic (exact) mass is 60.1 g/mol. The molecule has 0 aromatic carbocycles. The fourth-order valence-corrected chi connectivity index (χ4v) is 0. The molecule has 0 spiro atoms. The van der Waals surface area contributed by atoms with E-state index in [-0.39, 0.29) is 6.52 Å². The molecular weight excluding hydrogens is 50.0 g/mol. The first kappa shape index (κ1) is 2.21. The molecule has 2 N–H and O–H groups in total. The highest BCUT2D eigenvalue weighted by molar-refractivity contribution is 4.19. The molecule has 4 heavy (non-hydrogen) atoms. The maximum atomic E-state index is 6.60. The van der Waals surface area contributed by atoms with Gasteiger partial charge in [-0.25, -0.2) is 0 Å². The van der Waals surface area contributed by atoms with E-state index in [1.165, 1.54) is 0 Å². The lowest BCUT2D eigenvalue weighted by molar-refractivity contribution is 0.932. The molecule has 0 saturated carbocycles. The van der Waals surface area contributed by atoms with Crippen molar-refractivity contribution in [1.29, 1.82) is 0 Å². The highest BCUT2D eigenvalue weighted by Gasteiger charge is 1.55. The maximum Gasteiger partial charge on any atom is 0.0425 e. The first-order valence-electron chi connectivity index (χ1n) is 2.03. The third-order valence-electron chi connectivity index (χ3n) is 0.236. The largest absolute Gasteiger partial charge is 0.330 e. The summed E-state index contributed by atoms with van der Waals surface area (Å²) in [5.41, 5.74) is 4.96. The second kappa shape index (κ2) is 2.96. The van der Waals surface area contributed by atoms with Crippen molar-refractivity contribution < 1.29 is 1.37 Å². The summed E-state index contributed by atoms with van der Waals surface area (Å²) in [5, 5.41) is 0. The zero-order valence-corrected chi connectivity index (χ0v) is 2.86. The van der Waals surface area contributed by atoms with E-state index in [0.717, 1.165) is 6.42 Å². The van der Waals surface area contributed by atoms with Crippen LogP contribution in [0.2, 0.25) is 0 Å². The van der Waals surface area contributed by atoms with Gasteiger partial charge in [0.25, 0.3) is 0 Å². The smallest absolute Gasteiger partial charge is 0.0425 e. The fraction of sp³-hybridized carbons (Fsp3) is 1.00. The Hall–Kier alpha value is -0.0400. The van der Waals surface area contributed by atoms with Crippen molar-refractivity contribution in [1.82, 2.24) is 0 Å². The lowest BCUT2D eigenvalue weighted by atomic mass is 10.5. The molecule has 0 rings (SSSR count). The molecule has 0 bridgehead atoms. The molecule has 1 unspecified atom stereocenters. The van der Waals surface area contributed by atoms with E-state index in [2.05, 4.69) is 0 Å². The van der Waals surface area contributed by atoms with Gasteiger partial charge in [-0.05, 0) is 12.9 Å². The van der Waals surface area contributed by atoms with Gasteiger partial charge >= 0.3 is 0 Å². The predicted octanol–water partition coefficient (Wildman–Crippen LogP) is 0.355. The van der Waals surface area contributed by atoms with Crippen LogP contribution in [0.4, 0.5) is 0 Å². The van der Waals surface area contributed by atoms with Crippen LogP contribution in [-0.4, -0.2) is 6.52 Å². The van der Waals surface area contributed by atoms with Crippen LogP contribution >= 0.6 is 0 Å². The Bertz CT molecular complexity index is 20.9. The van der Waals surface area contributed by atoms with Gasteiger partial charge in [0.15, 0.2) is 0 Å². The Morgan fingerprint density at radius 1 is 2.25 bits per heavy atom. The first-order valence-corrected chi connectivity index (χ1v) is 1.45. The number of rotatable bonds is 1. The molecule has 0 amide bonds. The van der Waals surface area contributed by atoms with E-state index in [1.54, 1.807) is 0 Å². The summed E-state index contributed by atoms with van der Waals surface area (Å²) >= 11 is 0. The molecule has 0 fully saturated rings. The van der Waals surface area contributed by atoms with Crippen LogP contribution in [0.25, 0.3) is 0 Å². The summed E-state index contributed by atoms with van der Waals surface area (Å²) in [4.78, 5) is 0. The number of hydrogen-bond donors (Lipinski definition) is 1. The summed E-state index contributed by atoms with van der Waals surface area (Å²) < 4.78 is 6.60. The minimum Gasteiger partial charge on any atom is -0.330 e. The summed E-state index contributed by atoms with van der Waals surface area (Å²) in [6, 6.07) is 0. The molecule has 1 nitrogen and oxygen atoms in total. The zero-order valence-electron chi connectivity index (χ0n) is 3.86. The van der Waals surface area contributed by atoms with Crippen LogP contribution in [0.5, 0.6) is 0 Å². The van der Waals surface area contributed by atoms with Crippen molar-refractivity contribution in [3.63, 3.8) is 0 Å². The average Bonchev–Trinajstić information content (AvgIpc) is 1.38. The third kappa shape index (κ3) is 1.96. The molecular formula is C3H9N. The van der Waals surface area contributed by atoms with Crippen LogP contribution in [0, 0.1) is 0 Å². The fourth-order valence-electron chi connectivity index (χ4n) is 0. The van der Waals surface area contributed by atoms with Crippen molar-refractivity contribution in [2.45, 2.75) is 13.3 Å². The van der Waals surface area contributed by atoms with Gasteiger partial charge in [-0.15, -0.1) is 0 Å². The van der Waals surface area contributed by atoms with Gasteiger partial charge < -0.3 is 5.73 Å². The Labute approximate surface area is 28.2 Å². The van der Waals surface area contributed by atoms with E-state index < -0.39 is 0 Å². The molecule has 0 aliphatic rings. The quantitative estimate of drug-likeness (QED) is 0.464. The molecule has 1 heteroatoms. The van der Waals surface area contributed by atoms with Gasteiger partial charge in [0.1, 0.15) is 0 Å². The van der Waals surface area contributed by atoms with Gasteiger partial charge in [0.2, 0.25) is 0 Å². The van der Waals surface area contributed by atoms with E-state index in [0.29, 0.717) is 0 Å². The summed E-state index contributed by atoms with van der Waals surface area (Å²) in [5.74, 6) is 0. The first-order chi connectivity index (χ1) is 2.27. The van der Waals surface area contributed by atoms with Crippen molar-refractivity contribution >= 4 is 0 Å². The topological polar surface area (TPSA) is 26.0 Å². The molecule has 0 aliphatic carbocycles. The Balaban J connectivity index is 2.54. The molecule has 0 aromatic heterocycles. The van der Waals surface area contributed by atoms with E-state index in [9.17, 15) is 0 Å². The van der Waals surface area contributed by atoms with Crippen molar-refractivity contribution in [2.24, 2.45) is 5.73 Å². The summed E-state index contributed by atoms with van der Waals surface area (Å²) in [6.07, 6.45) is 0.750. The van der Waals surface area contributed by atoms with Gasteiger partial charge in [-0.1, -0.05) is 6.92 Å². The zero-order chi connectivity index (χ0) is 4.28. The van der Waals surface area contributed by atoms with Crippen LogP contribution in [-0.2, 0) is 0 Å². The standard InChI is InChI=1S/C3H9N/c1-2-3-4/h2-4H2,1H3/i3D. The predicted molar refractivity (Wildman–Crippen MR) is 19.3 cm³/mol. The lowest BCUT2D eigenvalue weighted by Crippen LogP contribution is -1.93. The minimum absolute atomic E-state index is 0.366. The number of hydrogen-bond acceptors (Lipinski definition) is 1. The molecule has 1 atom stereocenters. The highest BCUT2D eigenvalue weighted by Crippen LogP contribution is 1.57. The minimum atomic E-state index is -0.366. The van der Waals surface area contributed by atoms with Crippen molar-refractivity contribution in [3.05, 3.63) is 0 Å². The van der Waals surface area contributed by atoms with Gasteiger partial charge in [0, 0.05) is 1.37 Å². The Morgan fingerprint density at radius 3 is 2.50 bits per heavy atom. The van der Waals surface area contributed by atoms with Crippen LogP contribution in [0.3, 0.4) is 0 Å². The molecule has 0 radical (unpaired) electrons.